The molecule has 2 rings (SSSR count). The van der Waals surface area contributed by atoms with Crippen LogP contribution < -0.4 is 11.3 Å². The van der Waals surface area contributed by atoms with Gasteiger partial charge in [-0.05, 0) is 12.8 Å². The van der Waals surface area contributed by atoms with Crippen molar-refractivity contribution in [1.29, 1.82) is 0 Å². The molecule has 0 spiro atoms. The van der Waals surface area contributed by atoms with Crippen LogP contribution in [-0.4, -0.2) is 45.1 Å². The number of aryl methyl sites for hydroxylation is 1. The minimum absolute atomic E-state index is 0.244. The van der Waals surface area contributed by atoms with Crippen molar-refractivity contribution in [2.45, 2.75) is 24.6 Å². The highest BCUT2D eigenvalue weighted by molar-refractivity contribution is 7.99. The first kappa shape index (κ1) is 13.3. The summed E-state index contributed by atoms with van der Waals surface area (Å²) in [6.45, 7) is 2.47. The van der Waals surface area contributed by atoms with Gasteiger partial charge in [0.15, 0.2) is 5.69 Å². The molecule has 0 aliphatic carbocycles. The van der Waals surface area contributed by atoms with E-state index >= 15 is 0 Å². The molecule has 8 heteroatoms. The second kappa shape index (κ2) is 6.72. The largest absolute Gasteiger partial charge is 0.381 e. The summed E-state index contributed by atoms with van der Waals surface area (Å²) < 4.78 is 6.97. The average Bonchev–Trinajstić information content (AvgIpc) is 2.88. The van der Waals surface area contributed by atoms with Gasteiger partial charge in [0.2, 0.25) is 0 Å². The number of hydrogen-bond donors (Lipinski definition) is 2. The molecule has 0 saturated carbocycles. The van der Waals surface area contributed by atoms with Crippen LogP contribution in [0.5, 0.6) is 0 Å². The van der Waals surface area contributed by atoms with E-state index in [-0.39, 0.29) is 5.69 Å². The molecule has 2 heterocycles. The Hall–Kier alpha value is -1.12. The first-order chi connectivity index (χ1) is 8.79. The van der Waals surface area contributed by atoms with E-state index in [2.05, 4.69) is 10.3 Å². The number of carbonyl (C=O) groups excluding carboxylic acids is 1. The van der Waals surface area contributed by atoms with Crippen molar-refractivity contribution in [3.05, 3.63) is 11.9 Å². The number of nitrogens with zero attached hydrogens (tertiary/aromatic N) is 3. The zero-order valence-corrected chi connectivity index (χ0v) is 10.9. The number of thioether (sulfide) groups is 1. The van der Waals surface area contributed by atoms with Gasteiger partial charge in [0.1, 0.15) is 0 Å². The van der Waals surface area contributed by atoms with Gasteiger partial charge in [-0.15, -0.1) is 5.10 Å². The molecule has 0 unspecified atom stereocenters. The summed E-state index contributed by atoms with van der Waals surface area (Å²) >= 11 is 1.92. The highest BCUT2D eigenvalue weighted by atomic mass is 32.2. The predicted molar refractivity (Wildman–Crippen MR) is 68.0 cm³/mol. The Morgan fingerprint density at radius 1 is 1.61 bits per heavy atom. The maximum Gasteiger partial charge on any atom is 0.287 e. The van der Waals surface area contributed by atoms with E-state index in [1.807, 2.05) is 17.2 Å². The number of nitrogens with one attached hydrogen (secondary N) is 1. The Kier molecular flexibility index (Phi) is 4.97. The summed E-state index contributed by atoms with van der Waals surface area (Å²) in [5.74, 6) is 5.56. The lowest BCUT2D eigenvalue weighted by Gasteiger charge is -2.21. The second-order valence-electron chi connectivity index (χ2n) is 4.02. The number of nitrogens with two attached hydrogens (primary N) is 1. The number of carbonyl (C=O) groups is 1. The fraction of sp³-hybridized carbons (Fsp3) is 0.700. The first-order valence-electron chi connectivity index (χ1n) is 5.90. The van der Waals surface area contributed by atoms with Crippen molar-refractivity contribution >= 4 is 17.7 Å². The van der Waals surface area contributed by atoms with Gasteiger partial charge >= 0.3 is 0 Å². The Morgan fingerprint density at radius 2 is 2.39 bits per heavy atom. The molecule has 3 N–H and O–H groups in total. The minimum Gasteiger partial charge on any atom is -0.381 e. The number of aromatic nitrogens is 3. The lowest BCUT2D eigenvalue weighted by atomic mass is 10.2. The van der Waals surface area contributed by atoms with E-state index < -0.39 is 5.91 Å². The fourth-order valence-electron chi connectivity index (χ4n) is 1.74. The molecule has 100 valence electrons. The van der Waals surface area contributed by atoms with E-state index in [1.54, 1.807) is 10.9 Å². The predicted octanol–water partition coefficient (Wildman–Crippen LogP) is -0.206. The normalized spacial score (nSPS) is 16.7. The van der Waals surface area contributed by atoms with E-state index in [1.165, 1.54) is 0 Å². The van der Waals surface area contributed by atoms with Crippen molar-refractivity contribution in [1.82, 2.24) is 20.4 Å². The zero-order chi connectivity index (χ0) is 12.8. The number of hydrogen-bond acceptors (Lipinski definition) is 6. The summed E-state index contributed by atoms with van der Waals surface area (Å²) in [6.07, 6.45) is 3.83. The molecule has 1 aromatic rings. The number of nitrogen functional groups attached to an aromatic ring is 1. The molecule has 1 saturated heterocycles. The molecule has 0 radical (unpaired) electrons. The molecule has 1 aromatic heterocycles. The zero-order valence-electron chi connectivity index (χ0n) is 10.0. The van der Waals surface area contributed by atoms with Gasteiger partial charge in [-0.3, -0.25) is 14.9 Å². The van der Waals surface area contributed by atoms with Crippen molar-refractivity contribution in [2.75, 3.05) is 19.0 Å². The summed E-state index contributed by atoms with van der Waals surface area (Å²) in [7, 11) is 0. The molecule has 0 atom stereocenters. The SMILES string of the molecule is NNC(=O)c1cn(CCSC2CCOCC2)nn1. The molecular formula is C10H17N5O2S. The maximum atomic E-state index is 11.2. The van der Waals surface area contributed by atoms with Gasteiger partial charge in [0, 0.05) is 24.2 Å². The average molecular weight is 271 g/mol. The Morgan fingerprint density at radius 3 is 3.11 bits per heavy atom. The van der Waals surface area contributed by atoms with E-state index in [0.29, 0.717) is 5.25 Å². The third-order valence-corrected chi connectivity index (χ3v) is 4.11. The molecule has 0 bridgehead atoms. The van der Waals surface area contributed by atoms with Crippen molar-refractivity contribution < 1.29 is 9.53 Å². The highest BCUT2D eigenvalue weighted by Gasteiger charge is 2.14. The Balaban J connectivity index is 1.72. The Labute approximate surface area is 109 Å². The standard InChI is InChI=1S/C10H17N5O2S/c11-12-10(16)9-7-15(14-13-9)3-6-18-8-1-4-17-5-2-8/h7-8H,1-6,11H2,(H,12,16). The summed E-state index contributed by atoms with van der Waals surface area (Å²) in [5, 5.41) is 8.30. The summed E-state index contributed by atoms with van der Waals surface area (Å²) in [6, 6.07) is 0. The number of amides is 1. The molecule has 7 nitrogen and oxygen atoms in total. The van der Waals surface area contributed by atoms with E-state index in [0.717, 1.165) is 38.4 Å². The smallest absolute Gasteiger partial charge is 0.287 e. The van der Waals surface area contributed by atoms with Crippen LogP contribution in [0.3, 0.4) is 0 Å². The highest BCUT2D eigenvalue weighted by Crippen LogP contribution is 2.21. The molecule has 1 fully saturated rings. The van der Waals surface area contributed by atoms with Crippen LogP contribution >= 0.6 is 11.8 Å². The van der Waals surface area contributed by atoms with Gasteiger partial charge in [-0.1, -0.05) is 5.21 Å². The summed E-state index contributed by atoms with van der Waals surface area (Å²) in [4.78, 5) is 11.2. The number of hydrazine groups is 1. The third kappa shape index (κ3) is 3.69. The van der Waals surface area contributed by atoms with E-state index in [4.69, 9.17) is 10.6 Å². The molecule has 1 aliphatic heterocycles. The van der Waals surface area contributed by atoms with Crippen LogP contribution in [0.15, 0.2) is 6.20 Å². The second-order valence-corrected chi connectivity index (χ2v) is 5.43. The fourth-order valence-corrected chi connectivity index (χ4v) is 2.89. The van der Waals surface area contributed by atoms with Gasteiger partial charge in [0.05, 0.1) is 12.7 Å². The van der Waals surface area contributed by atoms with E-state index in [9.17, 15) is 4.79 Å². The van der Waals surface area contributed by atoms with Crippen molar-refractivity contribution in [2.24, 2.45) is 5.84 Å². The number of rotatable bonds is 5. The third-order valence-electron chi connectivity index (χ3n) is 2.74. The monoisotopic (exact) mass is 271 g/mol. The lowest BCUT2D eigenvalue weighted by molar-refractivity contribution is 0.0948. The maximum absolute atomic E-state index is 11.2. The van der Waals surface area contributed by atoms with Crippen LogP contribution in [0.2, 0.25) is 0 Å². The van der Waals surface area contributed by atoms with Gasteiger partial charge in [-0.2, -0.15) is 11.8 Å². The van der Waals surface area contributed by atoms with Crippen molar-refractivity contribution in [3.63, 3.8) is 0 Å². The summed E-state index contributed by atoms with van der Waals surface area (Å²) in [5.41, 5.74) is 2.27. The van der Waals surface area contributed by atoms with Crippen molar-refractivity contribution in [3.8, 4) is 0 Å². The van der Waals surface area contributed by atoms with Gasteiger partial charge < -0.3 is 4.74 Å². The quantitative estimate of drug-likeness (QED) is 0.437. The van der Waals surface area contributed by atoms with Gasteiger partial charge in [-0.25, -0.2) is 5.84 Å². The van der Waals surface area contributed by atoms with Crippen LogP contribution in [0, 0.1) is 0 Å². The molecule has 0 aromatic carbocycles. The van der Waals surface area contributed by atoms with Gasteiger partial charge in [0.25, 0.3) is 5.91 Å². The first-order valence-corrected chi connectivity index (χ1v) is 6.95. The van der Waals surface area contributed by atoms with Crippen LogP contribution in [0.25, 0.3) is 0 Å². The van der Waals surface area contributed by atoms with Crippen LogP contribution in [-0.2, 0) is 11.3 Å². The molecule has 1 amide bonds. The molecule has 18 heavy (non-hydrogen) atoms. The topological polar surface area (TPSA) is 95.1 Å². The van der Waals surface area contributed by atoms with Crippen LogP contribution in [0.1, 0.15) is 23.3 Å². The molecular weight excluding hydrogens is 254 g/mol. The molecule has 1 aliphatic rings. The minimum atomic E-state index is -0.418. The number of ether oxygens (including phenoxy) is 1. The Bertz CT molecular complexity index is 391. The lowest BCUT2D eigenvalue weighted by Crippen LogP contribution is -2.30. The van der Waals surface area contributed by atoms with Crippen LogP contribution in [0.4, 0.5) is 0 Å².